The molecule has 0 atom stereocenters. The summed E-state index contributed by atoms with van der Waals surface area (Å²) in [6.45, 7) is 5.15. The molecule has 150 valence electrons. The predicted molar refractivity (Wildman–Crippen MR) is 116 cm³/mol. The Hall–Kier alpha value is -2.17. The first kappa shape index (κ1) is 20.6. The number of hydrogen-bond acceptors (Lipinski definition) is 3. The highest BCUT2D eigenvalue weighted by molar-refractivity contribution is 5.88. The molecule has 3 N–H and O–H groups in total. The van der Waals surface area contributed by atoms with Gasteiger partial charge in [0.2, 0.25) is 5.91 Å². The van der Waals surface area contributed by atoms with Crippen molar-refractivity contribution in [3.05, 3.63) is 65.2 Å². The zero-order valence-corrected chi connectivity index (χ0v) is 17.0. The zero-order chi connectivity index (χ0) is 19.8. The number of nitrogens with zero attached hydrogens (tertiary/aromatic N) is 1. The van der Waals surface area contributed by atoms with Crippen LogP contribution in [0.25, 0.3) is 0 Å². The number of carbonyl (C=O) groups excluding carboxylic acids is 1. The highest BCUT2D eigenvalue weighted by atomic mass is 16.1. The molecule has 0 spiro atoms. The first-order valence-electron chi connectivity index (χ1n) is 10.5. The lowest BCUT2D eigenvalue weighted by Gasteiger charge is -2.30. The third-order valence-electron chi connectivity index (χ3n) is 5.59. The highest BCUT2D eigenvalue weighted by Crippen LogP contribution is 2.26. The molecule has 4 nitrogen and oxygen atoms in total. The van der Waals surface area contributed by atoms with Crippen molar-refractivity contribution in [1.29, 1.82) is 0 Å². The van der Waals surface area contributed by atoms with E-state index in [0.717, 1.165) is 31.2 Å². The molecule has 0 radical (unpaired) electrons. The van der Waals surface area contributed by atoms with Gasteiger partial charge in [0.15, 0.2) is 0 Å². The molecular formula is C24H33N3O. The molecule has 1 aliphatic carbocycles. The number of nitrogens with two attached hydrogens (primary N) is 1. The molecule has 0 saturated heterocycles. The fourth-order valence-corrected chi connectivity index (χ4v) is 4.11. The van der Waals surface area contributed by atoms with Crippen LogP contribution in [0.1, 0.15) is 55.7 Å². The van der Waals surface area contributed by atoms with Crippen molar-refractivity contribution in [2.24, 2.45) is 11.7 Å². The van der Waals surface area contributed by atoms with Crippen LogP contribution < -0.4 is 11.1 Å². The van der Waals surface area contributed by atoms with Gasteiger partial charge in [0.05, 0.1) is 0 Å². The molecular weight excluding hydrogens is 346 g/mol. The lowest BCUT2D eigenvalue weighted by molar-refractivity contribution is -0.114. The Morgan fingerprint density at radius 2 is 1.46 bits per heavy atom. The minimum Gasteiger partial charge on any atom is -0.326 e. The Morgan fingerprint density at radius 1 is 0.929 bits per heavy atom. The first-order chi connectivity index (χ1) is 13.6. The van der Waals surface area contributed by atoms with Crippen molar-refractivity contribution in [2.45, 2.75) is 58.7 Å². The Labute approximate surface area is 169 Å². The second-order valence-corrected chi connectivity index (χ2v) is 8.07. The Bertz CT molecular complexity index is 733. The normalized spacial score (nSPS) is 15.0. The molecule has 2 aromatic carbocycles. The van der Waals surface area contributed by atoms with Gasteiger partial charge in [-0.1, -0.05) is 55.7 Å². The van der Waals surface area contributed by atoms with Crippen molar-refractivity contribution in [3.8, 4) is 0 Å². The van der Waals surface area contributed by atoms with Crippen LogP contribution in [0.4, 0.5) is 5.69 Å². The summed E-state index contributed by atoms with van der Waals surface area (Å²) in [6, 6.07) is 16.9. The van der Waals surface area contributed by atoms with Crippen LogP contribution in [0.15, 0.2) is 48.5 Å². The van der Waals surface area contributed by atoms with Gasteiger partial charge >= 0.3 is 0 Å². The van der Waals surface area contributed by atoms with Crippen LogP contribution in [-0.4, -0.2) is 17.4 Å². The zero-order valence-electron chi connectivity index (χ0n) is 17.0. The van der Waals surface area contributed by atoms with E-state index < -0.39 is 0 Å². The summed E-state index contributed by atoms with van der Waals surface area (Å²) in [5.74, 6) is 0.767. The average molecular weight is 380 g/mol. The summed E-state index contributed by atoms with van der Waals surface area (Å²) >= 11 is 0. The van der Waals surface area contributed by atoms with Crippen molar-refractivity contribution >= 4 is 11.6 Å². The molecule has 1 aliphatic rings. The van der Waals surface area contributed by atoms with Gasteiger partial charge in [-0.05, 0) is 47.6 Å². The second-order valence-electron chi connectivity index (χ2n) is 8.07. The van der Waals surface area contributed by atoms with Crippen LogP contribution in [-0.2, 0) is 24.4 Å². The molecule has 3 rings (SSSR count). The molecule has 0 unspecified atom stereocenters. The summed E-state index contributed by atoms with van der Waals surface area (Å²) in [6.07, 6.45) is 6.83. The molecule has 0 aliphatic heterocycles. The number of anilines is 1. The smallest absolute Gasteiger partial charge is 0.221 e. The third-order valence-corrected chi connectivity index (χ3v) is 5.59. The molecule has 2 aromatic rings. The number of rotatable bonds is 8. The number of carbonyl (C=O) groups is 1. The average Bonchev–Trinajstić information content (AvgIpc) is 2.70. The van der Waals surface area contributed by atoms with Crippen LogP contribution in [0, 0.1) is 5.92 Å². The van der Waals surface area contributed by atoms with E-state index in [4.69, 9.17) is 5.73 Å². The SMILES string of the molecule is CC(=O)Nc1ccc(CN(Cc2ccc(CN)cc2)CC2CCCCC2)cc1. The van der Waals surface area contributed by atoms with Gasteiger partial charge in [-0.3, -0.25) is 9.69 Å². The van der Waals surface area contributed by atoms with Crippen LogP contribution in [0.3, 0.4) is 0 Å². The van der Waals surface area contributed by atoms with Crippen molar-refractivity contribution in [2.75, 3.05) is 11.9 Å². The van der Waals surface area contributed by atoms with E-state index >= 15 is 0 Å². The van der Waals surface area contributed by atoms with Gasteiger partial charge < -0.3 is 11.1 Å². The minimum absolute atomic E-state index is 0.0346. The Kier molecular flexibility index (Phi) is 7.63. The molecule has 0 bridgehead atoms. The van der Waals surface area contributed by atoms with Crippen molar-refractivity contribution < 1.29 is 4.79 Å². The third kappa shape index (κ3) is 6.47. The fraction of sp³-hybridized carbons (Fsp3) is 0.458. The summed E-state index contributed by atoms with van der Waals surface area (Å²) < 4.78 is 0. The fourth-order valence-electron chi connectivity index (χ4n) is 4.11. The maximum atomic E-state index is 11.2. The first-order valence-corrected chi connectivity index (χ1v) is 10.5. The van der Waals surface area contributed by atoms with E-state index in [9.17, 15) is 4.79 Å². The van der Waals surface area contributed by atoms with E-state index in [1.54, 1.807) is 0 Å². The predicted octanol–water partition coefficient (Wildman–Crippen LogP) is 4.69. The van der Waals surface area contributed by atoms with Gasteiger partial charge in [0.25, 0.3) is 0 Å². The Balaban J connectivity index is 1.68. The van der Waals surface area contributed by atoms with Gasteiger partial charge in [0, 0.05) is 38.8 Å². The molecule has 28 heavy (non-hydrogen) atoms. The van der Waals surface area contributed by atoms with Gasteiger partial charge in [-0.25, -0.2) is 0 Å². The van der Waals surface area contributed by atoms with Crippen molar-refractivity contribution in [3.63, 3.8) is 0 Å². The largest absolute Gasteiger partial charge is 0.326 e. The lowest BCUT2D eigenvalue weighted by Crippen LogP contribution is -2.30. The number of benzene rings is 2. The molecule has 4 heteroatoms. The van der Waals surface area contributed by atoms with E-state index in [1.807, 2.05) is 12.1 Å². The van der Waals surface area contributed by atoms with E-state index in [2.05, 4.69) is 46.6 Å². The standard InChI is InChI=1S/C24H33N3O/c1-19(28)26-24-13-11-23(12-14-24)18-27(16-21-5-3-2-4-6-21)17-22-9-7-20(15-25)8-10-22/h7-14,21H,2-6,15-18,25H2,1H3,(H,26,28). The summed E-state index contributed by atoms with van der Waals surface area (Å²) in [7, 11) is 0. The van der Waals surface area contributed by atoms with Gasteiger partial charge in [-0.15, -0.1) is 0 Å². The van der Waals surface area contributed by atoms with Gasteiger partial charge in [0.1, 0.15) is 0 Å². The number of amides is 1. The number of nitrogens with one attached hydrogen (secondary N) is 1. The van der Waals surface area contributed by atoms with E-state index in [0.29, 0.717) is 6.54 Å². The number of hydrogen-bond donors (Lipinski definition) is 2. The maximum absolute atomic E-state index is 11.2. The van der Waals surface area contributed by atoms with Gasteiger partial charge in [-0.2, -0.15) is 0 Å². The summed E-state index contributed by atoms with van der Waals surface area (Å²) in [5.41, 5.74) is 10.4. The maximum Gasteiger partial charge on any atom is 0.221 e. The van der Waals surface area contributed by atoms with Crippen molar-refractivity contribution in [1.82, 2.24) is 4.90 Å². The molecule has 0 aromatic heterocycles. The van der Waals surface area contributed by atoms with Crippen LogP contribution in [0.2, 0.25) is 0 Å². The second kappa shape index (κ2) is 10.4. The van der Waals surface area contributed by atoms with E-state index in [1.165, 1.54) is 55.7 Å². The molecule has 1 amide bonds. The van der Waals surface area contributed by atoms with Crippen LogP contribution in [0.5, 0.6) is 0 Å². The summed E-state index contributed by atoms with van der Waals surface area (Å²) in [5, 5.41) is 2.84. The van der Waals surface area contributed by atoms with Crippen LogP contribution >= 0.6 is 0 Å². The highest BCUT2D eigenvalue weighted by Gasteiger charge is 2.18. The Morgan fingerprint density at radius 3 is 2.00 bits per heavy atom. The topological polar surface area (TPSA) is 58.4 Å². The lowest BCUT2D eigenvalue weighted by atomic mass is 9.88. The monoisotopic (exact) mass is 379 g/mol. The molecule has 1 saturated carbocycles. The van der Waals surface area contributed by atoms with E-state index in [-0.39, 0.29) is 5.91 Å². The summed E-state index contributed by atoms with van der Waals surface area (Å²) in [4.78, 5) is 13.8. The molecule has 0 heterocycles. The minimum atomic E-state index is -0.0346. The molecule has 1 fully saturated rings. The quantitative estimate of drug-likeness (QED) is 0.700.